The van der Waals surface area contributed by atoms with Crippen molar-refractivity contribution in [1.82, 2.24) is 5.32 Å². The van der Waals surface area contributed by atoms with Crippen molar-refractivity contribution in [2.75, 3.05) is 13.7 Å². The van der Waals surface area contributed by atoms with E-state index < -0.39 is 0 Å². The van der Waals surface area contributed by atoms with E-state index in [1.807, 2.05) is 0 Å². The zero-order valence-electron chi connectivity index (χ0n) is 14.0. The molecule has 1 fully saturated rings. The normalized spacial score (nSPS) is 17.1. The predicted molar refractivity (Wildman–Crippen MR) is 90.0 cm³/mol. The Balaban J connectivity index is 2.01. The first-order valence-corrected chi connectivity index (χ1v) is 8.62. The number of ether oxygens (including phenoxy) is 1. The van der Waals surface area contributed by atoms with Crippen molar-refractivity contribution in [1.29, 1.82) is 0 Å². The minimum Gasteiger partial charge on any atom is -0.496 e. The van der Waals surface area contributed by atoms with Crippen LogP contribution in [0.15, 0.2) is 18.2 Å². The lowest BCUT2D eigenvalue weighted by Crippen LogP contribution is -2.23. The second kappa shape index (κ2) is 8.43. The molecule has 21 heavy (non-hydrogen) atoms. The fourth-order valence-electron chi connectivity index (χ4n) is 3.52. The van der Waals surface area contributed by atoms with E-state index in [1.165, 1.54) is 56.1 Å². The molecule has 0 radical (unpaired) electrons. The van der Waals surface area contributed by atoms with Crippen LogP contribution in [0.25, 0.3) is 0 Å². The molecule has 1 atom stereocenters. The summed E-state index contributed by atoms with van der Waals surface area (Å²) in [6.07, 6.45) is 9.60. The third kappa shape index (κ3) is 4.74. The summed E-state index contributed by atoms with van der Waals surface area (Å²) >= 11 is 0. The number of rotatable bonds is 8. The fourth-order valence-corrected chi connectivity index (χ4v) is 3.52. The van der Waals surface area contributed by atoms with Gasteiger partial charge in [0.15, 0.2) is 0 Å². The van der Waals surface area contributed by atoms with E-state index in [0.29, 0.717) is 6.04 Å². The van der Waals surface area contributed by atoms with Crippen LogP contribution in [0.3, 0.4) is 0 Å². The summed E-state index contributed by atoms with van der Waals surface area (Å²) in [7, 11) is 1.74. The fraction of sp³-hybridized carbons (Fsp3) is 0.684. The molecule has 0 aromatic heterocycles. The van der Waals surface area contributed by atoms with E-state index in [4.69, 9.17) is 4.74 Å². The maximum Gasteiger partial charge on any atom is 0.121 e. The summed E-state index contributed by atoms with van der Waals surface area (Å²) in [6.45, 7) is 5.47. The molecule has 2 rings (SSSR count). The van der Waals surface area contributed by atoms with Gasteiger partial charge in [-0.25, -0.2) is 0 Å². The molecule has 1 N–H and O–H groups in total. The molecule has 1 aliphatic rings. The first-order chi connectivity index (χ1) is 10.2. The highest BCUT2D eigenvalue weighted by Crippen LogP contribution is 2.32. The SMILES string of the molecule is CCCNC(CCC1CCCC1)c1ccc(OC)c(C)c1. The van der Waals surface area contributed by atoms with Crippen LogP contribution in [0, 0.1) is 12.8 Å². The summed E-state index contributed by atoms with van der Waals surface area (Å²) < 4.78 is 5.38. The van der Waals surface area contributed by atoms with Crippen molar-refractivity contribution in [2.45, 2.75) is 64.8 Å². The predicted octanol–water partition coefficient (Wildman–Crippen LogP) is 5.01. The van der Waals surface area contributed by atoms with Gasteiger partial charge in [-0.05, 0) is 55.8 Å². The van der Waals surface area contributed by atoms with Crippen molar-refractivity contribution in [3.05, 3.63) is 29.3 Å². The monoisotopic (exact) mass is 289 g/mol. The smallest absolute Gasteiger partial charge is 0.121 e. The first-order valence-electron chi connectivity index (χ1n) is 8.62. The molecule has 118 valence electrons. The van der Waals surface area contributed by atoms with Gasteiger partial charge in [0.2, 0.25) is 0 Å². The van der Waals surface area contributed by atoms with Gasteiger partial charge in [0.25, 0.3) is 0 Å². The van der Waals surface area contributed by atoms with Crippen molar-refractivity contribution >= 4 is 0 Å². The van der Waals surface area contributed by atoms with Gasteiger partial charge in [-0.1, -0.05) is 44.7 Å². The third-order valence-corrected chi connectivity index (χ3v) is 4.80. The molecule has 2 heteroatoms. The molecule has 0 spiro atoms. The number of methoxy groups -OCH3 is 1. The van der Waals surface area contributed by atoms with Gasteiger partial charge in [-0.2, -0.15) is 0 Å². The molecule has 2 nitrogen and oxygen atoms in total. The molecule has 0 bridgehead atoms. The molecule has 1 aromatic carbocycles. The Morgan fingerprint density at radius 3 is 2.67 bits per heavy atom. The summed E-state index contributed by atoms with van der Waals surface area (Å²) in [5.74, 6) is 1.96. The van der Waals surface area contributed by atoms with Crippen LogP contribution >= 0.6 is 0 Å². The van der Waals surface area contributed by atoms with Gasteiger partial charge in [-0.15, -0.1) is 0 Å². The van der Waals surface area contributed by atoms with Gasteiger partial charge in [-0.3, -0.25) is 0 Å². The average Bonchev–Trinajstić information content (AvgIpc) is 3.00. The minimum atomic E-state index is 0.496. The molecule has 0 saturated heterocycles. The van der Waals surface area contributed by atoms with Gasteiger partial charge in [0.1, 0.15) is 5.75 Å². The van der Waals surface area contributed by atoms with Gasteiger partial charge in [0.05, 0.1) is 7.11 Å². The van der Waals surface area contributed by atoms with Crippen molar-refractivity contribution in [3.63, 3.8) is 0 Å². The Hall–Kier alpha value is -1.02. The molecule has 1 unspecified atom stereocenters. The number of benzene rings is 1. The first kappa shape index (κ1) is 16.4. The lowest BCUT2D eigenvalue weighted by Gasteiger charge is -2.22. The van der Waals surface area contributed by atoms with Crippen LogP contribution < -0.4 is 10.1 Å². The molecule has 0 aliphatic heterocycles. The van der Waals surface area contributed by atoms with E-state index in [-0.39, 0.29) is 0 Å². The highest BCUT2D eigenvalue weighted by molar-refractivity contribution is 5.37. The van der Waals surface area contributed by atoms with Gasteiger partial charge < -0.3 is 10.1 Å². The quantitative estimate of drug-likeness (QED) is 0.726. The lowest BCUT2D eigenvalue weighted by atomic mass is 9.94. The van der Waals surface area contributed by atoms with Crippen molar-refractivity contribution in [3.8, 4) is 5.75 Å². The summed E-state index contributed by atoms with van der Waals surface area (Å²) in [4.78, 5) is 0. The van der Waals surface area contributed by atoms with E-state index >= 15 is 0 Å². The van der Waals surface area contributed by atoms with Crippen LogP contribution in [0.4, 0.5) is 0 Å². The van der Waals surface area contributed by atoms with Crippen LogP contribution in [0.1, 0.15) is 69.0 Å². The minimum absolute atomic E-state index is 0.496. The zero-order valence-corrected chi connectivity index (χ0v) is 14.0. The number of hydrogen-bond donors (Lipinski definition) is 1. The molecule has 1 saturated carbocycles. The Labute approximate surface area is 130 Å². The third-order valence-electron chi connectivity index (χ3n) is 4.80. The summed E-state index contributed by atoms with van der Waals surface area (Å²) in [6, 6.07) is 7.13. The van der Waals surface area contributed by atoms with Crippen LogP contribution in [0.5, 0.6) is 5.75 Å². The highest BCUT2D eigenvalue weighted by atomic mass is 16.5. The number of hydrogen-bond acceptors (Lipinski definition) is 2. The van der Waals surface area contributed by atoms with E-state index in [0.717, 1.165) is 18.2 Å². The van der Waals surface area contributed by atoms with Crippen LogP contribution in [0.2, 0.25) is 0 Å². The molecular weight excluding hydrogens is 258 g/mol. The Bertz CT molecular complexity index is 424. The van der Waals surface area contributed by atoms with Crippen LogP contribution in [-0.2, 0) is 0 Å². The summed E-state index contributed by atoms with van der Waals surface area (Å²) in [5, 5.41) is 3.73. The van der Waals surface area contributed by atoms with E-state index in [2.05, 4.69) is 37.4 Å². The van der Waals surface area contributed by atoms with E-state index in [9.17, 15) is 0 Å². The maximum absolute atomic E-state index is 5.38. The topological polar surface area (TPSA) is 21.3 Å². The zero-order chi connectivity index (χ0) is 15.1. The Morgan fingerprint density at radius 2 is 2.05 bits per heavy atom. The largest absolute Gasteiger partial charge is 0.496 e. The van der Waals surface area contributed by atoms with Crippen molar-refractivity contribution < 1.29 is 4.74 Å². The van der Waals surface area contributed by atoms with Gasteiger partial charge in [0, 0.05) is 6.04 Å². The second-order valence-corrected chi connectivity index (χ2v) is 6.46. The lowest BCUT2D eigenvalue weighted by molar-refractivity contribution is 0.405. The summed E-state index contributed by atoms with van der Waals surface area (Å²) in [5.41, 5.74) is 2.65. The number of nitrogens with one attached hydrogen (secondary N) is 1. The molecule has 0 amide bonds. The average molecular weight is 289 g/mol. The van der Waals surface area contributed by atoms with Crippen molar-refractivity contribution in [2.24, 2.45) is 5.92 Å². The van der Waals surface area contributed by atoms with Crippen LogP contribution in [-0.4, -0.2) is 13.7 Å². The maximum atomic E-state index is 5.38. The Kier molecular flexibility index (Phi) is 6.56. The van der Waals surface area contributed by atoms with E-state index in [1.54, 1.807) is 7.11 Å². The molecule has 1 aliphatic carbocycles. The molecule has 1 aromatic rings. The highest BCUT2D eigenvalue weighted by Gasteiger charge is 2.18. The van der Waals surface area contributed by atoms with Gasteiger partial charge >= 0.3 is 0 Å². The standard InChI is InChI=1S/C19H31NO/c1-4-13-20-18(11-9-16-7-5-6-8-16)17-10-12-19(21-3)15(2)14-17/h10,12,14,16,18,20H,4-9,11,13H2,1-3H3. The number of aryl methyl sites for hydroxylation is 1. The second-order valence-electron chi connectivity index (χ2n) is 6.46. The molecular formula is C19H31NO. The Morgan fingerprint density at radius 1 is 1.29 bits per heavy atom. The molecule has 0 heterocycles.